The Hall–Kier alpha value is -1.80. The van der Waals surface area contributed by atoms with Crippen LogP contribution in [0.5, 0.6) is 0 Å². The second-order valence-corrected chi connectivity index (χ2v) is 5.72. The SMILES string of the molecule is Cl.Cl.Cl.Nc1ccccc1C(=O)NCCN1CCN(c2ncccn2)CC1. The third-order valence-corrected chi connectivity index (χ3v) is 4.13. The minimum atomic E-state index is -0.121. The average Bonchev–Trinajstić information content (AvgIpc) is 2.63. The minimum absolute atomic E-state index is 0. The number of carbonyl (C=O) groups is 1. The zero-order chi connectivity index (χ0) is 16.8. The quantitative estimate of drug-likeness (QED) is 0.697. The maximum atomic E-state index is 12.1. The number of benzene rings is 1. The second kappa shape index (κ2) is 12.6. The number of nitrogens with two attached hydrogens (primary N) is 1. The van der Waals surface area contributed by atoms with E-state index >= 15 is 0 Å². The van der Waals surface area contributed by atoms with Crippen LogP contribution in [0.2, 0.25) is 0 Å². The molecular weight excluding hydrogens is 411 g/mol. The van der Waals surface area contributed by atoms with Gasteiger partial charge in [0.25, 0.3) is 5.91 Å². The number of amides is 1. The fourth-order valence-electron chi connectivity index (χ4n) is 2.75. The molecule has 150 valence electrons. The molecule has 27 heavy (non-hydrogen) atoms. The van der Waals surface area contributed by atoms with Gasteiger partial charge < -0.3 is 16.0 Å². The molecule has 1 saturated heterocycles. The summed E-state index contributed by atoms with van der Waals surface area (Å²) < 4.78 is 0. The molecule has 3 rings (SSSR count). The Morgan fingerprint density at radius 2 is 1.63 bits per heavy atom. The van der Waals surface area contributed by atoms with Gasteiger partial charge in [0.05, 0.1) is 5.56 Å². The van der Waals surface area contributed by atoms with Crippen LogP contribution >= 0.6 is 37.2 Å². The first-order valence-electron chi connectivity index (χ1n) is 8.11. The van der Waals surface area contributed by atoms with Gasteiger partial charge in [-0.15, -0.1) is 37.2 Å². The van der Waals surface area contributed by atoms with Crippen molar-refractivity contribution in [2.75, 3.05) is 49.9 Å². The molecule has 0 atom stereocenters. The molecule has 0 radical (unpaired) electrons. The third kappa shape index (κ3) is 7.03. The highest BCUT2D eigenvalue weighted by Crippen LogP contribution is 2.10. The van der Waals surface area contributed by atoms with Crippen LogP contribution in [0.3, 0.4) is 0 Å². The lowest BCUT2D eigenvalue weighted by Gasteiger charge is -2.34. The van der Waals surface area contributed by atoms with E-state index in [1.54, 1.807) is 24.5 Å². The number of hydrogen-bond donors (Lipinski definition) is 2. The van der Waals surface area contributed by atoms with Crippen molar-refractivity contribution in [3.8, 4) is 0 Å². The number of piperazine rings is 1. The van der Waals surface area contributed by atoms with Crippen LogP contribution in [-0.4, -0.2) is 60.0 Å². The lowest BCUT2D eigenvalue weighted by Crippen LogP contribution is -2.49. The van der Waals surface area contributed by atoms with Crippen molar-refractivity contribution in [3.63, 3.8) is 0 Å². The van der Waals surface area contributed by atoms with Crippen molar-refractivity contribution in [2.24, 2.45) is 0 Å². The van der Waals surface area contributed by atoms with Crippen LogP contribution in [0.1, 0.15) is 10.4 Å². The van der Waals surface area contributed by atoms with Gasteiger partial charge >= 0.3 is 0 Å². The summed E-state index contributed by atoms with van der Waals surface area (Å²) in [5, 5.41) is 2.93. The van der Waals surface area contributed by atoms with Gasteiger partial charge in [-0.2, -0.15) is 0 Å². The van der Waals surface area contributed by atoms with E-state index in [-0.39, 0.29) is 43.1 Å². The van der Waals surface area contributed by atoms with Crippen molar-refractivity contribution < 1.29 is 4.79 Å². The summed E-state index contributed by atoms with van der Waals surface area (Å²) in [5.41, 5.74) is 6.86. The number of para-hydroxylation sites is 1. The van der Waals surface area contributed by atoms with Crippen molar-refractivity contribution in [3.05, 3.63) is 48.3 Å². The number of halogens is 3. The van der Waals surface area contributed by atoms with Crippen LogP contribution in [-0.2, 0) is 0 Å². The molecule has 0 unspecified atom stereocenters. The molecule has 1 aliphatic heterocycles. The van der Waals surface area contributed by atoms with Gasteiger partial charge in [-0.05, 0) is 18.2 Å². The predicted octanol–water partition coefficient (Wildman–Crippen LogP) is 1.88. The Balaban J connectivity index is 0.00000225. The van der Waals surface area contributed by atoms with E-state index in [9.17, 15) is 4.79 Å². The van der Waals surface area contributed by atoms with Crippen LogP contribution in [0.25, 0.3) is 0 Å². The molecule has 0 spiro atoms. The van der Waals surface area contributed by atoms with Crippen LogP contribution in [0.15, 0.2) is 42.7 Å². The molecule has 2 aromatic rings. The zero-order valence-corrected chi connectivity index (χ0v) is 17.2. The summed E-state index contributed by atoms with van der Waals surface area (Å²) in [6.07, 6.45) is 3.53. The van der Waals surface area contributed by atoms with Crippen molar-refractivity contribution >= 4 is 54.8 Å². The summed E-state index contributed by atoms with van der Waals surface area (Å²) in [6, 6.07) is 8.93. The average molecular weight is 436 g/mol. The van der Waals surface area contributed by atoms with E-state index in [0.717, 1.165) is 38.7 Å². The second-order valence-electron chi connectivity index (χ2n) is 5.72. The van der Waals surface area contributed by atoms with E-state index in [1.165, 1.54) is 0 Å². The van der Waals surface area contributed by atoms with E-state index in [2.05, 4.69) is 25.1 Å². The highest BCUT2D eigenvalue weighted by atomic mass is 35.5. The molecule has 1 aliphatic rings. The van der Waals surface area contributed by atoms with Gasteiger partial charge in [0.1, 0.15) is 0 Å². The Bertz CT molecular complexity index is 683. The zero-order valence-electron chi connectivity index (χ0n) is 14.8. The van der Waals surface area contributed by atoms with Gasteiger partial charge in [0.2, 0.25) is 5.95 Å². The summed E-state index contributed by atoms with van der Waals surface area (Å²) in [4.78, 5) is 25.2. The molecular formula is C17H25Cl3N6O. The fourth-order valence-corrected chi connectivity index (χ4v) is 2.75. The summed E-state index contributed by atoms with van der Waals surface area (Å²) >= 11 is 0. The highest BCUT2D eigenvalue weighted by Gasteiger charge is 2.18. The molecule has 0 saturated carbocycles. The lowest BCUT2D eigenvalue weighted by molar-refractivity contribution is 0.0948. The number of anilines is 2. The molecule has 0 aliphatic carbocycles. The van der Waals surface area contributed by atoms with E-state index < -0.39 is 0 Å². The summed E-state index contributed by atoms with van der Waals surface area (Å²) in [7, 11) is 0. The number of hydrogen-bond acceptors (Lipinski definition) is 6. The first kappa shape index (κ1) is 25.2. The minimum Gasteiger partial charge on any atom is -0.398 e. The van der Waals surface area contributed by atoms with Crippen molar-refractivity contribution in [2.45, 2.75) is 0 Å². The molecule has 10 heteroatoms. The standard InChI is InChI=1S/C17H22N6O.3ClH/c18-15-5-2-1-4-14(15)16(24)19-8-9-22-10-12-23(13-11-22)17-20-6-3-7-21-17;;;/h1-7H,8-13,18H2,(H,19,24);3*1H. The van der Waals surface area contributed by atoms with Gasteiger partial charge in [-0.1, -0.05) is 12.1 Å². The number of nitrogen functional groups attached to an aromatic ring is 1. The Morgan fingerprint density at radius 3 is 2.26 bits per heavy atom. The molecule has 0 bridgehead atoms. The van der Waals surface area contributed by atoms with Crippen LogP contribution in [0.4, 0.5) is 11.6 Å². The van der Waals surface area contributed by atoms with E-state index in [1.807, 2.05) is 18.2 Å². The van der Waals surface area contributed by atoms with Gasteiger partial charge in [0, 0.05) is 57.3 Å². The monoisotopic (exact) mass is 434 g/mol. The molecule has 2 heterocycles. The maximum Gasteiger partial charge on any atom is 0.253 e. The number of nitrogens with zero attached hydrogens (tertiary/aromatic N) is 4. The van der Waals surface area contributed by atoms with Crippen LogP contribution in [0, 0.1) is 0 Å². The first-order valence-corrected chi connectivity index (χ1v) is 8.11. The largest absolute Gasteiger partial charge is 0.398 e. The molecule has 3 N–H and O–H groups in total. The Kier molecular flexibility index (Phi) is 11.7. The van der Waals surface area contributed by atoms with Crippen molar-refractivity contribution in [1.82, 2.24) is 20.2 Å². The lowest BCUT2D eigenvalue weighted by atomic mass is 10.1. The molecule has 7 nitrogen and oxygen atoms in total. The normalized spacial score (nSPS) is 13.6. The van der Waals surface area contributed by atoms with E-state index in [4.69, 9.17) is 5.73 Å². The maximum absolute atomic E-state index is 12.1. The topological polar surface area (TPSA) is 87.4 Å². The Labute approximate surface area is 178 Å². The molecule has 1 aromatic heterocycles. The smallest absolute Gasteiger partial charge is 0.253 e. The number of nitrogens with one attached hydrogen (secondary N) is 1. The third-order valence-electron chi connectivity index (χ3n) is 4.13. The molecule has 1 fully saturated rings. The molecule has 1 amide bonds. The van der Waals surface area contributed by atoms with Gasteiger partial charge in [-0.3, -0.25) is 9.69 Å². The molecule has 1 aromatic carbocycles. The predicted molar refractivity (Wildman–Crippen MR) is 116 cm³/mol. The van der Waals surface area contributed by atoms with Crippen molar-refractivity contribution in [1.29, 1.82) is 0 Å². The number of rotatable bonds is 5. The highest BCUT2D eigenvalue weighted by molar-refractivity contribution is 5.99. The van der Waals surface area contributed by atoms with Gasteiger partial charge in [0.15, 0.2) is 0 Å². The Morgan fingerprint density at radius 1 is 1.00 bits per heavy atom. The number of carbonyl (C=O) groups excluding carboxylic acids is 1. The van der Waals surface area contributed by atoms with Gasteiger partial charge in [-0.25, -0.2) is 9.97 Å². The van der Waals surface area contributed by atoms with Crippen LogP contribution < -0.4 is 16.0 Å². The number of aromatic nitrogens is 2. The first-order chi connectivity index (χ1) is 11.7. The summed E-state index contributed by atoms with van der Waals surface area (Å²) in [5.74, 6) is 0.662. The summed E-state index contributed by atoms with van der Waals surface area (Å²) in [6.45, 7) is 5.08. The fraction of sp³-hybridized carbons (Fsp3) is 0.353. The van der Waals surface area contributed by atoms with E-state index in [0.29, 0.717) is 17.8 Å².